The molecule has 0 heterocycles. The van der Waals surface area contributed by atoms with Crippen molar-refractivity contribution >= 4 is 15.9 Å². The molecule has 3 heteroatoms. The zero-order chi connectivity index (χ0) is 13.0. The van der Waals surface area contributed by atoms with Crippen LogP contribution in [0.3, 0.4) is 0 Å². The average Bonchev–Trinajstić information content (AvgIpc) is 3.19. The third-order valence-electron chi connectivity index (χ3n) is 3.41. The maximum absolute atomic E-state index is 5.83. The summed E-state index contributed by atoms with van der Waals surface area (Å²) in [5.74, 6) is 1.59. The van der Waals surface area contributed by atoms with Crippen molar-refractivity contribution < 1.29 is 4.74 Å². The fourth-order valence-electron chi connectivity index (χ4n) is 1.67. The summed E-state index contributed by atoms with van der Waals surface area (Å²) in [7, 11) is 0. The number of hydrogen-bond acceptors (Lipinski definition) is 2. The third kappa shape index (κ3) is 4.29. The second-order valence-corrected chi connectivity index (χ2v) is 6.09. The first-order valence-corrected chi connectivity index (χ1v) is 7.63. The lowest BCUT2D eigenvalue weighted by molar-refractivity contribution is 0.256. The SMILES string of the molecule is CCC(C)COc1ccc(Br)c(CNC2CC2)c1. The highest BCUT2D eigenvalue weighted by molar-refractivity contribution is 9.10. The van der Waals surface area contributed by atoms with Gasteiger partial charge in [-0.25, -0.2) is 0 Å². The van der Waals surface area contributed by atoms with E-state index in [-0.39, 0.29) is 0 Å². The van der Waals surface area contributed by atoms with Gasteiger partial charge in [0.05, 0.1) is 6.61 Å². The van der Waals surface area contributed by atoms with Crippen LogP contribution >= 0.6 is 15.9 Å². The van der Waals surface area contributed by atoms with Crippen molar-refractivity contribution in [3.05, 3.63) is 28.2 Å². The van der Waals surface area contributed by atoms with Crippen molar-refractivity contribution in [2.24, 2.45) is 5.92 Å². The Hall–Kier alpha value is -0.540. The zero-order valence-electron chi connectivity index (χ0n) is 11.2. The van der Waals surface area contributed by atoms with Gasteiger partial charge in [0.15, 0.2) is 0 Å². The second-order valence-electron chi connectivity index (χ2n) is 5.23. The molecular formula is C15H22BrNO. The first-order valence-electron chi connectivity index (χ1n) is 6.83. The van der Waals surface area contributed by atoms with Crippen LogP contribution in [-0.2, 0) is 6.54 Å². The van der Waals surface area contributed by atoms with Gasteiger partial charge in [0, 0.05) is 17.1 Å². The molecule has 0 saturated heterocycles. The fraction of sp³-hybridized carbons (Fsp3) is 0.600. The second kappa shape index (κ2) is 6.58. The van der Waals surface area contributed by atoms with E-state index in [9.17, 15) is 0 Å². The molecular weight excluding hydrogens is 290 g/mol. The van der Waals surface area contributed by atoms with E-state index in [1.54, 1.807) is 0 Å². The predicted molar refractivity (Wildman–Crippen MR) is 79.0 cm³/mol. The Morgan fingerprint density at radius 2 is 2.22 bits per heavy atom. The van der Waals surface area contributed by atoms with Crippen LogP contribution in [0.5, 0.6) is 5.75 Å². The van der Waals surface area contributed by atoms with Crippen LogP contribution in [0.1, 0.15) is 38.7 Å². The van der Waals surface area contributed by atoms with Crippen LogP contribution in [0.4, 0.5) is 0 Å². The maximum Gasteiger partial charge on any atom is 0.119 e. The summed E-state index contributed by atoms with van der Waals surface area (Å²) in [5.41, 5.74) is 1.28. The van der Waals surface area contributed by atoms with Gasteiger partial charge in [0.2, 0.25) is 0 Å². The Balaban J connectivity index is 1.91. The normalized spacial score (nSPS) is 16.6. The molecule has 2 rings (SSSR count). The van der Waals surface area contributed by atoms with Crippen molar-refractivity contribution in [3.63, 3.8) is 0 Å². The smallest absolute Gasteiger partial charge is 0.119 e. The molecule has 1 saturated carbocycles. The Kier molecular flexibility index (Phi) is 5.07. The molecule has 1 unspecified atom stereocenters. The minimum Gasteiger partial charge on any atom is -0.493 e. The number of halogens is 1. The summed E-state index contributed by atoms with van der Waals surface area (Å²) in [5, 5.41) is 3.53. The lowest BCUT2D eigenvalue weighted by atomic mass is 10.1. The van der Waals surface area contributed by atoms with Gasteiger partial charge in [0.25, 0.3) is 0 Å². The molecule has 0 aromatic heterocycles. The van der Waals surface area contributed by atoms with Gasteiger partial charge in [-0.05, 0) is 42.5 Å². The maximum atomic E-state index is 5.83. The molecule has 1 atom stereocenters. The molecule has 0 radical (unpaired) electrons. The van der Waals surface area contributed by atoms with Crippen LogP contribution in [-0.4, -0.2) is 12.6 Å². The molecule has 18 heavy (non-hydrogen) atoms. The van der Waals surface area contributed by atoms with E-state index in [4.69, 9.17) is 4.74 Å². The highest BCUT2D eigenvalue weighted by Crippen LogP contribution is 2.25. The molecule has 0 spiro atoms. The Morgan fingerprint density at radius 3 is 2.89 bits per heavy atom. The molecule has 1 aromatic carbocycles. The highest BCUT2D eigenvalue weighted by Gasteiger charge is 2.20. The average molecular weight is 312 g/mol. The quantitative estimate of drug-likeness (QED) is 0.817. The summed E-state index contributed by atoms with van der Waals surface area (Å²) in [4.78, 5) is 0. The topological polar surface area (TPSA) is 21.3 Å². The van der Waals surface area contributed by atoms with Crippen molar-refractivity contribution in [2.45, 2.75) is 45.7 Å². The lowest BCUT2D eigenvalue weighted by Gasteiger charge is -2.13. The van der Waals surface area contributed by atoms with Gasteiger partial charge in [-0.15, -0.1) is 0 Å². The summed E-state index contributed by atoms with van der Waals surface area (Å²) in [6.45, 7) is 6.13. The van der Waals surface area contributed by atoms with Gasteiger partial charge in [-0.2, -0.15) is 0 Å². The summed E-state index contributed by atoms with van der Waals surface area (Å²) in [6.07, 6.45) is 3.80. The molecule has 1 aliphatic carbocycles. The van der Waals surface area contributed by atoms with E-state index >= 15 is 0 Å². The fourth-order valence-corrected chi connectivity index (χ4v) is 2.06. The number of rotatable bonds is 7. The van der Waals surface area contributed by atoms with E-state index in [1.165, 1.54) is 18.4 Å². The molecule has 1 fully saturated rings. The largest absolute Gasteiger partial charge is 0.493 e. The van der Waals surface area contributed by atoms with Crippen molar-refractivity contribution in [3.8, 4) is 5.75 Å². The van der Waals surface area contributed by atoms with Crippen molar-refractivity contribution in [2.75, 3.05) is 6.61 Å². The number of benzene rings is 1. The first kappa shape index (κ1) is 13.9. The van der Waals surface area contributed by atoms with Crippen molar-refractivity contribution in [1.82, 2.24) is 5.32 Å². The minimum atomic E-state index is 0.613. The van der Waals surface area contributed by atoms with E-state index < -0.39 is 0 Å². The number of hydrogen-bond donors (Lipinski definition) is 1. The Labute approximate surface area is 118 Å². The zero-order valence-corrected chi connectivity index (χ0v) is 12.8. The first-order chi connectivity index (χ1) is 8.69. The summed E-state index contributed by atoms with van der Waals surface area (Å²) >= 11 is 3.60. The van der Waals surface area contributed by atoms with E-state index in [1.807, 2.05) is 6.07 Å². The number of nitrogens with one attached hydrogen (secondary N) is 1. The van der Waals surface area contributed by atoms with Crippen LogP contribution in [0, 0.1) is 5.92 Å². The van der Waals surface area contributed by atoms with Gasteiger partial charge < -0.3 is 10.1 Å². The van der Waals surface area contributed by atoms with Gasteiger partial charge in [-0.3, -0.25) is 0 Å². The molecule has 0 amide bonds. The monoisotopic (exact) mass is 311 g/mol. The molecule has 100 valence electrons. The van der Waals surface area contributed by atoms with Gasteiger partial charge in [-0.1, -0.05) is 36.2 Å². The van der Waals surface area contributed by atoms with E-state index in [2.05, 4.69) is 47.2 Å². The van der Waals surface area contributed by atoms with Gasteiger partial charge >= 0.3 is 0 Å². The molecule has 2 nitrogen and oxygen atoms in total. The van der Waals surface area contributed by atoms with E-state index in [0.29, 0.717) is 5.92 Å². The third-order valence-corrected chi connectivity index (χ3v) is 4.18. The lowest BCUT2D eigenvalue weighted by Crippen LogP contribution is -2.15. The molecule has 1 aliphatic rings. The minimum absolute atomic E-state index is 0.613. The highest BCUT2D eigenvalue weighted by atomic mass is 79.9. The van der Waals surface area contributed by atoms with E-state index in [0.717, 1.165) is 35.8 Å². The number of ether oxygens (including phenoxy) is 1. The molecule has 1 N–H and O–H groups in total. The van der Waals surface area contributed by atoms with Gasteiger partial charge in [0.1, 0.15) is 5.75 Å². The Morgan fingerprint density at radius 1 is 1.44 bits per heavy atom. The predicted octanol–water partition coefficient (Wildman–Crippen LogP) is 4.13. The van der Waals surface area contributed by atoms with Crippen LogP contribution in [0.2, 0.25) is 0 Å². The Bertz CT molecular complexity index is 390. The summed E-state index contributed by atoms with van der Waals surface area (Å²) < 4.78 is 6.99. The standard InChI is InChI=1S/C15H22BrNO/c1-3-11(2)10-18-14-6-7-15(16)12(8-14)9-17-13-4-5-13/h6-8,11,13,17H,3-5,9-10H2,1-2H3. The summed E-state index contributed by atoms with van der Waals surface area (Å²) in [6, 6.07) is 6.99. The molecule has 0 bridgehead atoms. The molecule has 1 aromatic rings. The van der Waals surface area contributed by atoms with Crippen LogP contribution in [0.15, 0.2) is 22.7 Å². The van der Waals surface area contributed by atoms with Crippen LogP contribution in [0.25, 0.3) is 0 Å². The molecule has 0 aliphatic heterocycles. The van der Waals surface area contributed by atoms with Crippen LogP contribution < -0.4 is 10.1 Å². The van der Waals surface area contributed by atoms with Crippen molar-refractivity contribution in [1.29, 1.82) is 0 Å².